The minimum atomic E-state index is -0.394. The number of halogens is 1. The summed E-state index contributed by atoms with van der Waals surface area (Å²) in [6, 6.07) is 0. The van der Waals surface area contributed by atoms with E-state index in [1.54, 1.807) is 0 Å². The lowest BCUT2D eigenvalue weighted by Gasteiger charge is -2.33. The maximum Gasteiger partial charge on any atom is 0.217 e. The Morgan fingerprint density at radius 3 is 2.31 bits per heavy atom. The van der Waals surface area contributed by atoms with Crippen LogP contribution in [0.3, 0.4) is 0 Å². The molecule has 0 saturated heterocycles. The second-order valence-corrected chi connectivity index (χ2v) is 4.41. The van der Waals surface area contributed by atoms with Gasteiger partial charge in [-0.05, 0) is 62.8 Å². The predicted molar refractivity (Wildman–Crippen MR) is 58.9 cm³/mol. The zero-order valence-corrected chi connectivity index (χ0v) is 10.2. The van der Waals surface area contributed by atoms with E-state index in [2.05, 4.69) is 15.9 Å². The predicted octanol–water partition coefficient (Wildman–Crippen LogP) is 1.36. The molecule has 1 atom stereocenters. The minimum absolute atomic E-state index is 0.0435. The average Bonchev–Trinajstić information content (AvgIpc) is 2.03. The number of unbranched alkanes of at least 4 members (excludes halogenated alkanes) is 1. The molecule has 3 nitrogen and oxygen atoms in total. The van der Waals surface area contributed by atoms with Crippen LogP contribution in [0.15, 0.2) is 0 Å². The van der Waals surface area contributed by atoms with Crippen LogP contribution in [-0.4, -0.2) is 35.8 Å². The number of nitrogens with two attached hydrogens (primary N) is 1. The highest BCUT2D eigenvalue weighted by Gasteiger charge is 2.32. The normalized spacial score (nSPS) is 15.8. The van der Waals surface area contributed by atoms with Crippen LogP contribution in [0.1, 0.15) is 26.2 Å². The van der Waals surface area contributed by atoms with Crippen LogP contribution in [0.4, 0.5) is 0 Å². The second-order valence-electron chi connectivity index (χ2n) is 3.69. The molecule has 0 heterocycles. The molecule has 0 amide bonds. The van der Waals surface area contributed by atoms with Gasteiger partial charge in [0.1, 0.15) is 0 Å². The van der Waals surface area contributed by atoms with Crippen molar-refractivity contribution < 1.29 is 4.79 Å². The smallest absolute Gasteiger partial charge is 0.217 e. The maximum atomic E-state index is 11.3. The zero-order chi connectivity index (χ0) is 10.5. The van der Waals surface area contributed by atoms with Gasteiger partial charge in [0, 0.05) is 0 Å². The molecule has 0 aromatic heterocycles. The topological polar surface area (TPSA) is 46.3 Å². The molecule has 0 unspecified atom stereocenters. The van der Waals surface area contributed by atoms with E-state index in [0.717, 1.165) is 19.3 Å². The van der Waals surface area contributed by atoms with E-state index in [0.29, 0.717) is 6.54 Å². The lowest BCUT2D eigenvalue weighted by atomic mass is 9.95. The van der Waals surface area contributed by atoms with Crippen molar-refractivity contribution in [3.63, 3.8) is 0 Å². The second kappa shape index (κ2) is 5.73. The Morgan fingerprint density at radius 2 is 2.00 bits per heavy atom. The van der Waals surface area contributed by atoms with Crippen molar-refractivity contribution in [3.8, 4) is 0 Å². The molecular weight excluding hydrogens is 232 g/mol. The highest BCUT2D eigenvalue weighted by molar-refractivity contribution is 9.18. The van der Waals surface area contributed by atoms with Crippen LogP contribution < -0.4 is 5.73 Å². The number of likely N-dealkylation sites (N-methyl/N-ethyl adjacent to an activating group) is 1. The van der Waals surface area contributed by atoms with E-state index in [4.69, 9.17) is 5.73 Å². The Bertz CT molecular complexity index is 173. The van der Waals surface area contributed by atoms with Gasteiger partial charge in [-0.25, -0.2) is 0 Å². The Kier molecular flexibility index (Phi) is 5.76. The van der Waals surface area contributed by atoms with Crippen molar-refractivity contribution in [1.82, 2.24) is 4.90 Å². The summed E-state index contributed by atoms with van der Waals surface area (Å²) in [7, 11) is 3.84. The zero-order valence-electron chi connectivity index (χ0n) is 8.64. The van der Waals surface area contributed by atoms with E-state index in [9.17, 15) is 4.79 Å². The molecule has 0 aliphatic rings. The van der Waals surface area contributed by atoms with Crippen LogP contribution in [0.5, 0.6) is 0 Å². The lowest BCUT2D eigenvalue weighted by Crippen LogP contribution is -2.46. The molecule has 0 radical (unpaired) electrons. The van der Waals surface area contributed by atoms with Crippen molar-refractivity contribution in [3.05, 3.63) is 0 Å². The third kappa shape index (κ3) is 3.75. The summed E-state index contributed by atoms with van der Waals surface area (Å²) in [5, 5.41) is 0. The van der Waals surface area contributed by atoms with Gasteiger partial charge >= 0.3 is 0 Å². The van der Waals surface area contributed by atoms with Gasteiger partial charge in [0.15, 0.2) is 0 Å². The van der Waals surface area contributed by atoms with E-state index in [1.807, 2.05) is 25.9 Å². The molecular formula is C9H19BrN2O. The molecule has 78 valence electrons. The Hall–Kier alpha value is 0.0700. The first-order valence-corrected chi connectivity index (χ1v) is 5.32. The van der Waals surface area contributed by atoms with Crippen molar-refractivity contribution in [2.24, 2.45) is 5.73 Å². The van der Waals surface area contributed by atoms with Gasteiger partial charge in [-0.1, -0.05) is 0 Å². The van der Waals surface area contributed by atoms with E-state index < -0.39 is 5.54 Å². The molecule has 13 heavy (non-hydrogen) atoms. The molecule has 0 aliphatic heterocycles. The molecule has 2 N–H and O–H groups in total. The number of carbonyl (C=O) groups excluding carboxylic acids is 1. The first kappa shape index (κ1) is 13.1. The van der Waals surface area contributed by atoms with Crippen LogP contribution in [-0.2, 0) is 4.79 Å². The van der Waals surface area contributed by atoms with Gasteiger partial charge in [-0.3, -0.25) is 9.69 Å². The highest BCUT2D eigenvalue weighted by Crippen LogP contribution is 2.23. The van der Waals surface area contributed by atoms with Crippen molar-refractivity contribution in [2.75, 3.05) is 20.6 Å². The van der Waals surface area contributed by atoms with Gasteiger partial charge in [-0.15, -0.1) is 0 Å². The number of nitrogens with zero attached hydrogens (tertiary/aromatic N) is 1. The lowest BCUT2D eigenvalue weighted by molar-refractivity contribution is -0.119. The van der Waals surface area contributed by atoms with E-state index >= 15 is 0 Å². The largest absolute Gasteiger partial charge is 0.330 e. The SMILES string of the molecule is CN(C)[C@@](C)(CCCCN)C(=O)Br. The Labute approximate surface area is 88.8 Å². The van der Waals surface area contributed by atoms with Crippen molar-refractivity contribution in [1.29, 1.82) is 0 Å². The van der Waals surface area contributed by atoms with Crippen molar-refractivity contribution in [2.45, 2.75) is 31.7 Å². The summed E-state index contributed by atoms with van der Waals surface area (Å²) in [5.41, 5.74) is 5.01. The Balaban J connectivity index is 4.17. The maximum absolute atomic E-state index is 11.3. The first-order valence-electron chi connectivity index (χ1n) is 4.52. The molecule has 0 rings (SSSR count). The summed E-state index contributed by atoms with van der Waals surface area (Å²) in [4.78, 5) is 13.3. The molecule has 0 spiro atoms. The fourth-order valence-corrected chi connectivity index (χ4v) is 1.66. The van der Waals surface area contributed by atoms with Crippen LogP contribution in [0.2, 0.25) is 0 Å². The number of hydrogen-bond donors (Lipinski definition) is 1. The highest BCUT2D eigenvalue weighted by atomic mass is 79.9. The number of carbonyl (C=O) groups is 1. The quantitative estimate of drug-likeness (QED) is 0.572. The van der Waals surface area contributed by atoms with Crippen LogP contribution in [0, 0.1) is 0 Å². The molecule has 0 fully saturated rings. The first-order chi connectivity index (χ1) is 5.95. The van der Waals surface area contributed by atoms with Gasteiger partial charge in [0.05, 0.1) is 5.54 Å². The van der Waals surface area contributed by atoms with E-state index in [1.165, 1.54) is 0 Å². The molecule has 0 aliphatic carbocycles. The van der Waals surface area contributed by atoms with Crippen molar-refractivity contribution >= 4 is 20.6 Å². The summed E-state index contributed by atoms with van der Waals surface area (Å²) >= 11 is 3.04. The third-order valence-electron chi connectivity index (χ3n) is 2.53. The minimum Gasteiger partial charge on any atom is -0.330 e. The van der Waals surface area contributed by atoms with Gasteiger partial charge in [0.2, 0.25) is 4.69 Å². The molecule has 0 aromatic carbocycles. The Morgan fingerprint density at radius 1 is 1.46 bits per heavy atom. The van der Waals surface area contributed by atoms with Gasteiger partial charge < -0.3 is 5.73 Å². The molecule has 4 heteroatoms. The third-order valence-corrected chi connectivity index (χ3v) is 3.38. The van der Waals surface area contributed by atoms with Crippen LogP contribution in [0.25, 0.3) is 0 Å². The summed E-state index contributed by atoms with van der Waals surface area (Å²) < 4.78 is 0.0435. The fourth-order valence-electron chi connectivity index (χ4n) is 1.11. The van der Waals surface area contributed by atoms with E-state index in [-0.39, 0.29) is 4.69 Å². The van der Waals surface area contributed by atoms with Gasteiger partial charge in [0.25, 0.3) is 0 Å². The van der Waals surface area contributed by atoms with Gasteiger partial charge in [-0.2, -0.15) is 0 Å². The fraction of sp³-hybridized carbons (Fsp3) is 0.889. The number of rotatable bonds is 6. The monoisotopic (exact) mass is 250 g/mol. The molecule has 0 bridgehead atoms. The molecule has 0 aromatic rings. The van der Waals surface area contributed by atoms with Crippen LogP contribution >= 0.6 is 15.9 Å². The molecule has 0 saturated carbocycles. The average molecular weight is 251 g/mol. The summed E-state index contributed by atoms with van der Waals surface area (Å²) in [6.07, 6.45) is 2.81. The standard InChI is InChI=1S/C9H19BrN2O/c1-9(8(10)13,12(2)3)6-4-5-7-11/h4-7,11H2,1-3H3/t9-/m0/s1. The summed E-state index contributed by atoms with van der Waals surface area (Å²) in [5.74, 6) is 0. The number of hydrogen-bond acceptors (Lipinski definition) is 3. The summed E-state index contributed by atoms with van der Waals surface area (Å²) in [6.45, 7) is 2.64.